The van der Waals surface area contributed by atoms with E-state index in [9.17, 15) is 9.18 Å². The molecule has 5 nitrogen and oxygen atoms in total. The molecule has 2 atom stereocenters. The predicted octanol–water partition coefficient (Wildman–Crippen LogP) is 4.32. The number of carbonyl (C=O) groups excluding carboxylic acids is 1. The molecule has 0 radical (unpaired) electrons. The number of benzene rings is 2. The van der Waals surface area contributed by atoms with Crippen LogP contribution in [0.1, 0.15) is 16.8 Å². The largest absolute Gasteiger partial charge is 0.344 e. The van der Waals surface area contributed by atoms with Crippen molar-refractivity contribution in [2.45, 2.75) is 21.8 Å². The van der Waals surface area contributed by atoms with Gasteiger partial charge in [-0.1, -0.05) is 23.9 Å². The number of nitrogens with one attached hydrogen (secondary N) is 1. The first-order valence-electron chi connectivity index (χ1n) is 10.0. The lowest BCUT2D eigenvalue weighted by Gasteiger charge is -2.17. The Labute approximate surface area is 183 Å². The molecule has 1 aliphatic carbocycles. The van der Waals surface area contributed by atoms with Gasteiger partial charge in [-0.3, -0.25) is 9.78 Å². The predicted molar refractivity (Wildman–Crippen MR) is 116 cm³/mol. The number of hydrogen-bond acceptors (Lipinski definition) is 5. The third-order valence-electron chi connectivity index (χ3n) is 5.93. The number of piperidine rings is 1. The Morgan fingerprint density at radius 3 is 2.68 bits per heavy atom. The molecular formula is C24H19FN4OS. The molecule has 1 saturated carbocycles. The average Bonchev–Trinajstić information content (AvgIpc) is 3.34. The second-order valence-electron chi connectivity index (χ2n) is 8.00. The molecule has 0 spiro atoms. The first-order chi connectivity index (χ1) is 15.1. The molecule has 5 rings (SSSR count). The number of likely N-dealkylation sites (tertiary alicyclic amines) is 1. The number of carbonyl (C=O) groups is 1. The van der Waals surface area contributed by atoms with Gasteiger partial charge in [0.2, 0.25) is 0 Å². The minimum Gasteiger partial charge on any atom is -0.344 e. The summed E-state index contributed by atoms with van der Waals surface area (Å²) in [7, 11) is 0. The van der Waals surface area contributed by atoms with Crippen molar-refractivity contribution in [3.05, 3.63) is 78.4 Å². The van der Waals surface area contributed by atoms with Crippen LogP contribution in [-0.4, -0.2) is 34.4 Å². The minimum absolute atomic E-state index is 0.107. The summed E-state index contributed by atoms with van der Waals surface area (Å²) < 4.78 is 13.2. The van der Waals surface area contributed by atoms with Gasteiger partial charge in [-0.2, -0.15) is 5.26 Å². The molecule has 31 heavy (non-hydrogen) atoms. The zero-order chi connectivity index (χ0) is 21.4. The highest BCUT2D eigenvalue weighted by atomic mass is 32.2. The van der Waals surface area contributed by atoms with Crippen molar-refractivity contribution in [2.24, 2.45) is 5.92 Å². The third-order valence-corrected chi connectivity index (χ3v) is 6.99. The molecule has 1 aliphatic heterocycles. The average molecular weight is 431 g/mol. The summed E-state index contributed by atoms with van der Waals surface area (Å²) in [5, 5.41) is 12.2. The normalized spacial score (nSPS) is 21.3. The number of rotatable bonds is 5. The Kier molecular flexibility index (Phi) is 4.87. The monoisotopic (exact) mass is 430 g/mol. The van der Waals surface area contributed by atoms with Gasteiger partial charge >= 0.3 is 0 Å². The van der Waals surface area contributed by atoms with Crippen molar-refractivity contribution in [1.29, 1.82) is 5.26 Å². The number of hydrogen-bond donors (Lipinski definition) is 1. The van der Waals surface area contributed by atoms with Crippen molar-refractivity contribution in [1.82, 2.24) is 15.2 Å². The lowest BCUT2D eigenvalue weighted by molar-refractivity contribution is 0.0929. The summed E-state index contributed by atoms with van der Waals surface area (Å²) in [4.78, 5) is 20.6. The second-order valence-corrected chi connectivity index (χ2v) is 9.11. The van der Waals surface area contributed by atoms with Crippen molar-refractivity contribution in [3.8, 4) is 17.3 Å². The van der Waals surface area contributed by atoms with E-state index >= 15 is 0 Å². The quantitative estimate of drug-likeness (QED) is 0.611. The van der Waals surface area contributed by atoms with Crippen molar-refractivity contribution >= 4 is 17.7 Å². The number of aromatic nitrogens is 1. The van der Waals surface area contributed by atoms with E-state index in [4.69, 9.17) is 5.26 Å². The van der Waals surface area contributed by atoms with Gasteiger partial charge in [0.05, 0.1) is 12.1 Å². The maximum atomic E-state index is 13.2. The van der Waals surface area contributed by atoms with Crippen LogP contribution in [-0.2, 0) is 0 Å². The second kappa shape index (κ2) is 7.71. The van der Waals surface area contributed by atoms with E-state index in [1.54, 1.807) is 29.4 Å². The van der Waals surface area contributed by atoms with E-state index in [1.165, 1.54) is 23.9 Å². The molecule has 2 aromatic carbocycles. The topological polar surface area (TPSA) is 69.0 Å². The highest BCUT2D eigenvalue weighted by molar-refractivity contribution is 7.99. The lowest BCUT2D eigenvalue weighted by atomic mass is 10.0. The van der Waals surface area contributed by atoms with Gasteiger partial charge in [0.1, 0.15) is 5.82 Å². The fraction of sp³-hybridized carbons (Fsp3) is 0.208. The van der Waals surface area contributed by atoms with Gasteiger partial charge in [0.15, 0.2) is 6.19 Å². The summed E-state index contributed by atoms with van der Waals surface area (Å²) in [5.74, 6) is 0.00216. The van der Waals surface area contributed by atoms with Crippen LogP contribution in [0.15, 0.2) is 76.8 Å². The summed E-state index contributed by atoms with van der Waals surface area (Å²) >= 11 is 1.52. The highest BCUT2D eigenvalue weighted by Crippen LogP contribution is 2.49. The Bertz CT molecular complexity index is 1180. The van der Waals surface area contributed by atoms with Gasteiger partial charge in [0, 0.05) is 40.2 Å². The number of fused-ring (bicyclic) bond motifs is 1. The number of pyridine rings is 1. The fourth-order valence-corrected chi connectivity index (χ4v) is 5.12. The maximum Gasteiger partial charge on any atom is 0.251 e. The fourth-order valence-electron chi connectivity index (χ4n) is 4.18. The number of halogens is 1. The van der Waals surface area contributed by atoms with Crippen LogP contribution in [0.4, 0.5) is 4.39 Å². The summed E-state index contributed by atoms with van der Waals surface area (Å²) in [6, 6.07) is 15.8. The molecule has 2 aliphatic rings. The third kappa shape index (κ3) is 3.87. The zero-order valence-electron chi connectivity index (χ0n) is 16.6. The molecule has 154 valence electrons. The molecule has 0 bridgehead atoms. The van der Waals surface area contributed by atoms with Crippen LogP contribution in [0.5, 0.6) is 0 Å². The molecule has 1 amide bonds. The van der Waals surface area contributed by atoms with Gasteiger partial charge in [-0.25, -0.2) is 4.39 Å². The molecule has 1 N–H and O–H groups in total. The van der Waals surface area contributed by atoms with E-state index in [0.29, 0.717) is 18.0 Å². The smallest absolute Gasteiger partial charge is 0.251 e. The Hall–Kier alpha value is -3.37. The summed E-state index contributed by atoms with van der Waals surface area (Å²) in [5.41, 5.74) is 2.33. The lowest BCUT2D eigenvalue weighted by Crippen LogP contribution is -2.41. The molecule has 2 heterocycles. The van der Waals surface area contributed by atoms with E-state index in [-0.39, 0.29) is 17.3 Å². The van der Waals surface area contributed by atoms with Gasteiger partial charge in [-0.05, 0) is 60.0 Å². The molecule has 2 fully saturated rings. The molecular weight excluding hydrogens is 411 g/mol. The Morgan fingerprint density at radius 1 is 1.19 bits per heavy atom. The van der Waals surface area contributed by atoms with Gasteiger partial charge in [0.25, 0.3) is 5.91 Å². The first-order valence-corrected chi connectivity index (χ1v) is 10.8. The zero-order valence-corrected chi connectivity index (χ0v) is 17.4. The molecule has 1 aromatic heterocycles. The van der Waals surface area contributed by atoms with E-state index < -0.39 is 0 Å². The van der Waals surface area contributed by atoms with Crippen LogP contribution >= 0.6 is 11.8 Å². The Morgan fingerprint density at radius 2 is 1.97 bits per heavy atom. The first kappa shape index (κ1) is 19.6. The SMILES string of the molecule is N#CN1CC2C[C@]2(NC(=O)c2ccc(-c3ccncc3Sc3ccc(F)cc3)cc2)C1. The van der Waals surface area contributed by atoms with Crippen LogP contribution in [0.3, 0.4) is 0 Å². The summed E-state index contributed by atoms with van der Waals surface area (Å²) in [6.07, 6.45) is 6.63. The number of nitriles is 1. The number of nitrogens with zero attached hydrogens (tertiary/aromatic N) is 3. The van der Waals surface area contributed by atoms with Gasteiger partial charge in [-0.15, -0.1) is 0 Å². The molecule has 1 unspecified atom stereocenters. The van der Waals surface area contributed by atoms with Crippen molar-refractivity contribution < 1.29 is 9.18 Å². The van der Waals surface area contributed by atoms with E-state index in [1.807, 2.05) is 30.3 Å². The standard InChI is InChI=1S/C24H19FN4OS/c25-19-5-7-20(8-6-19)31-22-12-27-10-9-21(22)16-1-3-17(4-2-16)23(30)28-24-11-18(24)13-29(14-24)15-26/h1-10,12,18H,11,13-14H2,(H,28,30)/t18?,24-/m0/s1. The minimum atomic E-state index is -0.264. The molecule has 7 heteroatoms. The van der Waals surface area contributed by atoms with Crippen molar-refractivity contribution in [3.63, 3.8) is 0 Å². The molecule has 3 aromatic rings. The van der Waals surface area contributed by atoms with Crippen LogP contribution in [0, 0.1) is 23.2 Å². The maximum absolute atomic E-state index is 13.2. The molecule has 1 saturated heterocycles. The van der Waals surface area contributed by atoms with Crippen LogP contribution in [0.2, 0.25) is 0 Å². The Balaban J connectivity index is 1.32. The summed E-state index contributed by atoms with van der Waals surface area (Å²) in [6.45, 7) is 1.32. The highest BCUT2D eigenvalue weighted by Gasteiger charge is 2.61. The van der Waals surface area contributed by atoms with E-state index in [2.05, 4.69) is 16.5 Å². The number of amides is 1. The van der Waals surface area contributed by atoms with Crippen molar-refractivity contribution in [2.75, 3.05) is 13.1 Å². The van der Waals surface area contributed by atoms with Crippen LogP contribution < -0.4 is 5.32 Å². The van der Waals surface area contributed by atoms with E-state index in [0.717, 1.165) is 33.9 Å². The van der Waals surface area contributed by atoms with Gasteiger partial charge < -0.3 is 10.2 Å². The van der Waals surface area contributed by atoms with Crippen LogP contribution in [0.25, 0.3) is 11.1 Å².